The van der Waals surface area contributed by atoms with Crippen molar-refractivity contribution < 1.29 is 9.53 Å². The first-order valence-corrected chi connectivity index (χ1v) is 9.43. The molecule has 0 radical (unpaired) electrons. The maximum atomic E-state index is 11.3. The molecular formula is C18H34N4O2. The van der Waals surface area contributed by atoms with Gasteiger partial charge in [0, 0.05) is 43.6 Å². The molecule has 0 aromatic rings. The van der Waals surface area contributed by atoms with Crippen LogP contribution in [0.3, 0.4) is 0 Å². The lowest BCUT2D eigenvalue weighted by Crippen LogP contribution is -2.64. The molecule has 1 aliphatic heterocycles. The molecule has 2 aliphatic rings. The van der Waals surface area contributed by atoms with Crippen LogP contribution in [0.5, 0.6) is 0 Å². The van der Waals surface area contributed by atoms with Crippen LogP contribution in [0.1, 0.15) is 59.8 Å². The molecule has 1 amide bonds. The Morgan fingerprint density at radius 1 is 1.38 bits per heavy atom. The molecule has 6 heteroatoms. The van der Waals surface area contributed by atoms with E-state index in [0.717, 1.165) is 38.4 Å². The molecule has 1 saturated heterocycles. The number of carbonyl (C=O) groups excluding carboxylic acids is 1. The van der Waals surface area contributed by atoms with Crippen molar-refractivity contribution in [2.24, 2.45) is 10.4 Å². The number of hydrogen-bond acceptors (Lipinski definition) is 3. The second-order valence-electron chi connectivity index (χ2n) is 7.47. The summed E-state index contributed by atoms with van der Waals surface area (Å²) < 4.78 is 6.02. The third kappa shape index (κ3) is 4.85. The van der Waals surface area contributed by atoms with Crippen molar-refractivity contribution in [1.29, 1.82) is 0 Å². The summed E-state index contributed by atoms with van der Waals surface area (Å²) in [5.41, 5.74) is 0.102. The molecule has 0 bridgehead atoms. The maximum Gasteiger partial charge on any atom is 0.220 e. The highest BCUT2D eigenvalue weighted by atomic mass is 16.5. The summed E-state index contributed by atoms with van der Waals surface area (Å²) in [6.07, 6.45) is 5.07. The van der Waals surface area contributed by atoms with Crippen LogP contribution in [-0.2, 0) is 9.53 Å². The average molecular weight is 338 g/mol. The molecule has 6 nitrogen and oxygen atoms in total. The summed E-state index contributed by atoms with van der Waals surface area (Å²) in [6.45, 7) is 11.0. The fourth-order valence-corrected chi connectivity index (χ4v) is 3.29. The number of carbonyl (C=O) groups is 1. The van der Waals surface area contributed by atoms with Gasteiger partial charge in [0.2, 0.25) is 5.91 Å². The molecule has 1 aliphatic carbocycles. The number of unbranched alkanes of at least 4 members (excludes halogenated alkanes) is 1. The smallest absolute Gasteiger partial charge is 0.220 e. The highest BCUT2D eigenvalue weighted by Crippen LogP contribution is 2.42. The predicted octanol–water partition coefficient (Wildman–Crippen LogP) is 1.80. The van der Waals surface area contributed by atoms with E-state index >= 15 is 0 Å². The number of piperidine rings is 1. The molecule has 2 rings (SSSR count). The van der Waals surface area contributed by atoms with Crippen molar-refractivity contribution >= 4 is 11.9 Å². The van der Waals surface area contributed by atoms with Gasteiger partial charge in [-0.1, -0.05) is 27.2 Å². The summed E-state index contributed by atoms with van der Waals surface area (Å²) in [6, 6.07) is 0.611. The highest BCUT2D eigenvalue weighted by Gasteiger charge is 2.49. The van der Waals surface area contributed by atoms with E-state index in [9.17, 15) is 4.79 Å². The Morgan fingerprint density at radius 3 is 2.75 bits per heavy atom. The summed E-state index contributed by atoms with van der Waals surface area (Å²) in [4.78, 5) is 15.9. The van der Waals surface area contributed by atoms with Crippen molar-refractivity contribution in [3.8, 4) is 0 Å². The van der Waals surface area contributed by atoms with Crippen molar-refractivity contribution in [3.63, 3.8) is 0 Å². The normalized spacial score (nSPS) is 29.6. The van der Waals surface area contributed by atoms with Gasteiger partial charge in [0.05, 0.1) is 6.10 Å². The fraction of sp³-hybridized carbons (Fsp3) is 0.889. The van der Waals surface area contributed by atoms with Crippen molar-refractivity contribution in [2.75, 3.05) is 19.7 Å². The van der Waals surface area contributed by atoms with E-state index in [1.165, 1.54) is 6.42 Å². The molecule has 2 fully saturated rings. The van der Waals surface area contributed by atoms with E-state index in [0.29, 0.717) is 25.1 Å². The number of hydrogen-bond donors (Lipinski definition) is 3. The molecule has 1 heterocycles. The SMILES string of the molecule is CCCCOC1CC(NC(=NCC)NC2CCC(=O)NC2)C1(C)C. The molecule has 138 valence electrons. The topological polar surface area (TPSA) is 74.8 Å². The average Bonchev–Trinajstić information content (AvgIpc) is 2.55. The Hall–Kier alpha value is -1.30. The van der Waals surface area contributed by atoms with E-state index in [-0.39, 0.29) is 17.4 Å². The van der Waals surface area contributed by atoms with Crippen LogP contribution < -0.4 is 16.0 Å². The predicted molar refractivity (Wildman–Crippen MR) is 97.1 cm³/mol. The lowest BCUT2D eigenvalue weighted by Gasteiger charge is -2.52. The maximum absolute atomic E-state index is 11.3. The largest absolute Gasteiger partial charge is 0.378 e. The second kappa shape index (κ2) is 8.70. The van der Waals surface area contributed by atoms with E-state index in [1.54, 1.807) is 0 Å². The Kier molecular flexibility index (Phi) is 6.90. The van der Waals surface area contributed by atoms with Crippen molar-refractivity contribution in [1.82, 2.24) is 16.0 Å². The molecule has 1 saturated carbocycles. The molecule has 3 unspecified atom stereocenters. The number of nitrogens with one attached hydrogen (secondary N) is 3. The zero-order valence-electron chi connectivity index (χ0n) is 15.7. The van der Waals surface area contributed by atoms with Crippen LogP contribution in [0, 0.1) is 5.41 Å². The summed E-state index contributed by atoms with van der Waals surface area (Å²) in [7, 11) is 0. The number of nitrogens with zero attached hydrogens (tertiary/aromatic N) is 1. The summed E-state index contributed by atoms with van der Waals surface area (Å²) in [5, 5.41) is 9.94. The quantitative estimate of drug-likeness (QED) is 0.376. The number of ether oxygens (including phenoxy) is 1. The Labute approximate surface area is 146 Å². The van der Waals surface area contributed by atoms with E-state index in [4.69, 9.17) is 4.74 Å². The highest BCUT2D eigenvalue weighted by molar-refractivity contribution is 5.81. The lowest BCUT2D eigenvalue weighted by atomic mass is 9.64. The minimum Gasteiger partial charge on any atom is -0.378 e. The van der Waals surface area contributed by atoms with Gasteiger partial charge in [0.1, 0.15) is 0 Å². The molecule has 0 spiro atoms. The van der Waals surface area contributed by atoms with Crippen LogP contribution in [-0.4, -0.2) is 49.8 Å². The number of amides is 1. The zero-order valence-corrected chi connectivity index (χ0v) is 15.7. The first-order valence-electron chi connectivity index (χ1n) is 9.43. The molecule has 3 N–H and O–H groups in total. The monoisotopic (exact) mass is 338 g/mol. The van der Waals surface area contributed by atoms with Gasteiger partial charge in [-0.15, -0.1) is 0 Å². The van der Waals surface area contributed by atoms with Gasteiger partial charge in [-0.3, -0.25) is 9.79 Å². The number of guanidine groups is 1. The molecule has 24 heavy (non-hydrogen) atoms. The van der Waals surface area contributed by atoms with Crippen LogP contribution in [0.2, 0.25) is 0 Å². The Bertz CT molecular complexity index is 440. The van der Waals surface area contributed by atoms with Crippen molar-refractivity contribution in [2.45, 2.75) is 78.0 Å². The van der Waals surface area contributed by atoms with Crippen LogP contribution in [0.15, 0.2) is 4.99 Å². The Morgan fingerprint density at radius 2 is 2.17 bits per heavy atom. The second-order valence-corrected chi connectivity index (χ2v) is 7.47. The van der Waals surface area contributed by atoms with Gasteiger partial charge in [0.15, 0.2) is 5.96 Å². The fourth-order valence-electron chi connectivity index (χ4n) is 3.29. The third-order valence-electron chi connectivity index (χ3n) is 5.23. The summed E-state index contributed by atoms with van der Waals surface area (Å²) >= 11 is 0. The van der Waals surface area contributed by atoms with Crippen molar-refractivity contribution in [3.05, 3.63) is 0 Å². The molecule has 0 aromatic heterocycles. The van der Waals surface area contributed by atoms with Crippen LogP contribution in [0.25, 0.3) is 0 Å². The standard InChI is InChI=1S/C18H34N4O2/c1-5-7-10-24-15-11-14(18(15,3)4)22-17(19-6-2)21-13-8-9-16(23)20-12-13/h13-15H,5-12H2,1-4H3,(H,20,23)(H2,19,21,22). The van der Waals surface area contributed by atoms with Crippen LogP contribution >= 0.6 is 0 Å². The van der Waals surface area contributed by atoms with E-state index < -0.39 is 0 Å². The zero-order chi connectivity index (χ0) is 17.6. The number of rotatable bonds is 7. The van der Waals surface area contributed by atoms with Gasteiger partial charge in [-0.2, -0.15) is 0 Å². The minimum atomic E-state index is 0.102. The van der Waals surface area contributed by atoms with E-state index in [2.05, 4.69) is 41.7 Å². The van der Waals surface area contributed by atoms with E-state index in [1.807, 2.05) is 6.92 Å². The minimum absolute atomic E-state index is 0.102. The molecule has 3 atom stereocenters. The van der Waals surface area contributed by atoms with Gasteiger partial charge >= 0.3 is 0 Å². The van der Waals surface area contributed by atoms with Gasteiger partial charge in [0.25, 0.3) is 0 Å². The lowest BCUT2D eigenvalue weighted by molar-refractivity contribution is -0.122. The first kappa shape index (κ1) is 19.0. The Balaban J connectivity index is 1.83. The van der Waals surface area contributed by atoms with Gasteiger partial charge < -0.3 is 20.7 Å². The number of aliphatic imine (C=N–C) groups is 1. The summed E-state index contributed by atoms with van der Waals surface area (Å²) in [5.74, 6) is 0.992. The molecule has 0 aromatic carbocycles. The first-order chi connectivity index (χ1) is 11.5. The molecular weight excluding hydrogens is 304 g/mol. The van der Waals surface area contributed by atoms with Gasteiger partial charge in [-0.25, -0.2) is 0 Å². The third-order valence-corrected chi connectivity index (χ3v) is 5.23. The van der Waals surface area contributed by atoms with Crippen LogP contribution in [0.4, 0.5) is 0 Å². The van der Waals surface area contributed by atoms with Gasteiger partial charge in [-0.05, 0) is 26.2 Å².